The zero-order valence-corrected chi connectivity index (χ0v) is 19.4. The molecule has 1 atom stereocenters. The molecule has 0 aliphatic carbocycles. The van der Waals surface area contributed by atoms with E-state index in [9.17, 15) is 13.2 Å². The van der Waals surface area contributed by atoms with Crippen molar-refractivity contribution < 1.29 is 32.2 Å². The lowest BCUT2D eigenvalue weighted by Gasteiger charge is -2.31. The molecular weight excluding hydrogens is 436 g/mol. The van der Waals surface area contributed by atoms with E-state index in [0.29, 0.717) is 48.1 Å². The standard InChI is InChI=1S/C22H28N2O7S/c1-28-16-7-9-19(29-2)18(12-16)23-22(25)15-6-5-11-24(14-15)32(26,27)17-8-10-20(30-3)21(13-17)31-4/h7-10,12-13,15H,5-6,11,14H2,1-4H3,(H,23,25)/t15-/m1/s1. The Balaban J connectivity index is 1.78. The molecule has 1 heterocycles. The summed E-state index contributed by atoms with van der Waals surface area (Å²) in [4.78, 5) is 13.1. The van der Waals surface area contributed by atoms with Gasteiger partial charge in [0.2, 0.25) is 15.9 Å². The molecule has 0 bridgehead atoms. The molecular formula is C22H28N2O7S. The first-order chi connectivity index (χ1) is 15.3. The SMILES string of the molecule is COc1ccc(OC)c(NC(=O)[C@@H]2CCCN(S(=O)(=O)c3ccc(OC)c(OC)c3)C2)c1. The number of carbonyl (C=O) groups excluding carboxylic acids is 1. The Hall–Kier alpha value is -2.98. The quantitative estimate of drug-likeness (QED) is 0.641. The summed E-state index contributed by atoms with van der Waals surface area (Å²) in [6.45, 7) is 0.414. The van der Waals surface area contributed by atoms with E-state index in [-0.39, 0.29) is 17.3 Å². The van der Waals surface area contributed by atoms with Crippen molar-refractivity contribution in [3.63, 3.8) is 0 Å². The largest absolute Gasteiger partial charge is 0.497 e. The first kappa shape index (κ1) is 23.7. The molecule has 9 nitrogen and oxygen atoms in total. The summed E-state index contributed by atoms with van der Waals surface area (Å²) >= 11 is 0. The van der Waals surface area contributed by atoms with Crippen LogP contribution in [0, 0.1) is 5.92 Å². The molecule has 32 heavy (non-hydrogen) atoms. The number of anilines is 1. The summed E-state index contributed by atoms with van der Waals surface area (Å²) in [7, 11) is 2.16. The van der Waals surface area contributed by atoms with E-state index in [0.717, 1.165) is 0 Å². The number of hydrogen-bond donors (Lipinski definition) is 1. The Kier molecular flexibility index (Phi) is 7.47. The van der Waals surface area contributed by atoms with Crippen LogP contribution in [0.1, 0.15) is 12.8 Å². The monoisotopic (exact) mass is 464 g/mol. The van der Waals surface area contributed by atoms with Crippen molar-refractivity contribution in [2.24, 2.45) is 5.92 Å². The van der Waals surface area contributed by atoms with E-state index in [1.165, 1.54) is 44.9 Å². The van der Waals surface area contributed by atoms with Crippen LogP contribution in [-0.4, -0.2) is 60.2 Å². The van der Waals surface area contributed by atoms with Crippen LogP contribution in [0.25, 0.3) is 0 Å². The molecule has 1 aliphatic rings. The predicted octanol–water partition coefficient (Wildman–Crippen LogP) is 2.76. The second-order valence-corrected chi connectivity index (χ2v) is 9.21. The van der Waals surface area contributed by atoms with Crippen molar-refractivity contribution in [3.8, 4) is 23.0 Å². The average molecular weight is 465 g/mol. The molecule has 0 saturated carbocycles. The summed E-state index contributed by atoms with van der Waals surface area (Å²) in [6.07, 6.45) is 1.15. The second-order valence-electron chi connectivity index (χ2n) is 7.27. The fraction of sp³-hybridized carbons (Fsp3) is 0.409. The van der Waals surface area contributed by atoms with Crippen LogP contribution in [-0.2, 0) is 14.8 Å². The Morgan fingerprint density at radius 3 is 2.28 bits per heavy atom. The van der Waals surface area contributed by atoms with Crippen molar-refractivity contribution in [2.75, 3.05) is 46.8 Å². The fourth-order valence-corrected chi connectivity index (χ4v) is 5.19. The van der Waals surface area contributed by atoms with Gasteiger partial charge in [0.15, 0.2) is 11.5 Å². The zero-order valence-electron chi connectivity index (χ0n) is 18.6. The smallest absolute Gasteiger partial charge is 0.243 e. The third-order valence-electron chi connectivity index (χ3n) is 5.41. The van der Waals surface area contributed by atoms with E-state index in [1.54, 1.807) is 24.3 Å². The van der Waals surface area contributed by atoms with Gasteiger partial charge in [-0.25, -0.2) is 8.42 Å². The number of hydrogen-bond acceptors (Lipinski definition) is 7. The number of sulfonamides is 1. The van der Waals surface area contributed by atoms with Crippen molar-refractivity contribution in [1.82, 2.24) is 4.31 Å². The average Bonchev–Trinajstić information content (AvgIpc) is 2.83. The maximum atomic E-state index is 13.2. The van der Waals surface area contributed by atoms with Gasteiger partial charge in [0.05, 0.1) is 44.9 Å². The molecule has 2 aromatic carbocycles. The molecule has 2 aromatic rings. The molecule has 1 amide bonds. The number of methoxy groups -OCH3 is 4. The number of amides is 1. The topological polar surface area (TPSA) is 103 Å². The Bertz CT molecular complexity index is 1070. The molecule has 0 radical (unpaired) electrons. The van der Waals surface area contributed by atoms with E-state index < -0.39 is 15.9 Å². The molecule has 3 rings (SSSR count). The van der Waals surface area contributed by atoms with Gasteiger partial charge in [-0.1, -0.05) is 0 Å². The number of carbonyl (C=O) groups is 1. The lowest BCUT2D eigenvalue weighted by atomic mass is 9.98. The summed E-state index contributed by atoms with van der Waals surface area (Å²) in [5.41, 5.74) is 0.469. The van der Waals surface area contributed by atoms with E-state index in [1.807, 2.05) is 0 Å². The minimum absolute atomic E-state index is 0.0782. The van der Waals surface area contributed by atoms with Crippen molar-refractivity contribution >= 4 is 21.6 Å². The highest BCUT2D eigenvalue weighted by molar-refractivity contribution is 7.89. The van der Waals surface area contributed by atoms with E-state index in [2.05, 4.69) is 5.32 Å². The lowest BCUT2D eigenvalue weighted by Crippen LogP contribution is -2.43. The van der Waals surface area contributed by atoms with Crippen molar-refractivity contribution in [1.29, 1.82) is 0 Å². The first-order valence-electron chi connectivity index (χ1n) is 10.1. The fourth-order valence-electron chi connectivity index (χ4n) is 3.65. The highest BCUT2D eigenvalue weighted by Gasteiger charge is 2.34. The lowest BCUT2D eigenvalue weighted by molar-refractivity contribution is -0.120. The summed E-state index contributed by atoms with van der Waals surface area (Å²) in [5.74, 6) is 1.05. The highest BCUT2D eigenvalue weighted by atomic mass is 32.2. The molecule has 1 saturated heterocycles. The predicted molar refractivity (Wildman–Crippen MR) is 119 cm³/mol. The number of benzene rings is 2. The Morgan fingerprint density at radius 1 is 0.938 bits per heavy atom. The second kappa shape index (κ2) is 10.1. The van der Waals surface area contributed by atoms with Crippen LogP contribution in [0.4, 0.5) is 5.69 Å². The summed E-state index contributed by atoms with van der Waals surface area (Å²) in [5, 5.41) is 2.85. The molecule has 10 heteroatoms. The van der Waals surface area contributed by atoms with Crippen LogP contribution < -0.4 is 24.3 Å². The van der Waals surface area contributed by atoms with Crippen LogP contribution in [0.3, 0.4) is 0 Å². The van der Waals surface area contributed by atoms with Crippen LogP contribution >= 0.6 is 0 Å². The summed E-state index contributed by atoms with van der Waals surface area (Å²) in [6, 6.07) is 9.54. The maximum absolute atomic E-state index is 13.2. The van der Waals surface area contributed by atoms with E-state index >= 15 is 0 Å². The minimum atomic E-state index is -3.81. The van der Waals surface area contributed by atoms with Gasteiger partial charge in [-0.3, -0.25) is 4.79 Å². The molecule has 174 valence electrons. The number of piperidine rings is 1. The maximum Gasteiger partial charge on any atom is 0.243 e. The van der Waals surface area contributed by atoms with Gasteiger partial charge < -0.3 is 24.3 Å². The normalized spacial score (nSPS) is 16.8. The number of rotatable bonds is 8. The van der Waals surface area contributed by atoms with Crippen molar-refractivity contribution in [2.45, 2.75) is 17.7 Å². The van der Waals surface area contributed by atoms with Gasteiger partial charge in [0.1, 0.15) is 11.5 Å². The number of nitrogens with zero attached hydrogens (tertiary/aromatic N) is 1. The third kappa shape index (κ3) is 4.91. The molecule has 1 fully saturated rings. The van der Waals surface area contributed by atoms with Crippen LogP contribution in [0.5, 0.6) is 23.0 Å². The van der Waals surface area contributed by atoms with Gasteiger partial charge in [-0.15, -0.1) is 0 Å². The van der Waals surface area contributed by atoms with Crippen LogP contribution in [0.15, 0.2) is 41.3 Å². The Morgan fingerprint density at radius 2 is 1.62 bits per heavy atom. The summed E-state index contributed by atoms with van der Waals surface area (Å²) < 4.78 is 48.7. The molecule has 0 unspecified atom stereocenters. The minimum Gasteiger partial charge on any atom is -0.497 e. The van der Waals surface area contributed by atoms with E-state index in [4.69, 9.17) is 18.9 Å². The zero-order chi connectivity index (χ0) is 23.3. The first-order valence-corrected chi connectivity index (χ1v) is 11.5. The van der Waals surface area contributed by atoms with Gasteiger partial charge in [-0.2, -0.15) is 4.31 Å². The molecule has 0 aromatic heterocycles. The molecule has 0 spiro atoms. The number of ether oxygens (including phenoxy) is 4. The van der Waals surface area contributed by atoms with Gasteiger partial charge in [0, 0.05) is 25.2 Å². The van der Waals surface area contributed by atoms with Gasteiger partial charge in [-0.05, 0) is 37.1 Å². The highest BCUT2D eigenvalue weighted by Crippen LogP contribution is 2.33. The van der Waals surface area contributed by atoms with Crippen LogP contribution in [0.2, 0.25) is 0 Å². The van der Waals surface area contributed by atoms with Crippen molar-refractivity contribution in [3.05, 3.63) is 36.4 Å². The number of nitrogens with one attached hydrogen (secondary N) is 1. The van der Waals surface area contributed by atoms with Gasteiger partial charge in [0.25, 0.3) is 0 Å². The van der Waals surface area contributed by atoms with Gasteiger partial charge >= 0.3 is 0 Å². The third-order valence-corrected chi connectivity index (χ3v) is 7.27. The molecule has 1 N–H and O–H groups in total. The Labute approximate surface area is 188 Å². The molecule has 1 aliphatic heterocycles.